The molecule has 0 aliphatic heterocycles. The molecule has 0 unspecified atom stereocenters. The lowest BCUT2D eigenvalue weighted by Gasteiger charge is -2.15. The number of aliphatic hydroxyl groups is 1. The van der Waals surface area contributed by atoms with Crippen molar-refractivity contribution in [2.45, 2.75) is 37.2 Å². The highest BCUT2D eigenvalue weighted by atomic mass is 32.2. The average Bonchev–Trinajstić information content (AvgIpc) is 2.87. The van der Waals surface area contributed by atoms with Gasteiger partial charge in [0.15, 0.2) is 9.84 Å². The van der Waals surface area contributed by atoms with Crippen LogP contribution in [0.4, 0.5) is 0 Å². The molecule has 88 valence electrons. The maximum absolute atomic E-state index is 11.7. The summed E-state index contributed by atoms with van der Waals surface area (Å²) in [6, 6.07) is 3.47. The molecule has 0 atom stereocenters. The molecule has 16 heavy (non-hydrogen) atoms. The number of hydrogen-bond acceptors (Lipinski definition) is 3. The van der Waals surface area contributed by atoms with Crippen molar-refractivity contribution in [3.63, 3.8) is 0 Å². The van der Waals surface area contributed by atoms with Crippen molar-refractivity contribution in [1.82, 2.24) is 0 Å². The summed E-state index contributed by atoms with van der Waals surface area (Å²) >= 11 is 0. The Morgan fingerprint density at radius 1 is 1.19 bits per heavy atom. The quantitative estimate of drug-likeness (QED) is 0.856. The first kappa shape index (κ1) is 11.6. The van der Waals surface area contributed by atoms with E-state index in [0.29, 0.717) is 18.4 Å². The second kappa shape index (κ2) is 3.31. The molecule has 0 saturated heterocycles. The molecular weight excluding hydrogens is 224 g/mol. The Hall–Kier alpha value is -0.870. The van der Waals surface area contributed by atoms with Crippen molar-refractivity contribution < 1.29 is 13.5 Å². The minimum Gasteiger partial charge on any atom is -0.385 e. The SMILES string of the molecule is Cc1cc(C2(O)CC2)c(S(C)(=O)=O)cc1C. The molecule has 1 aromatic carbocycles. The minimum absolute atomic E-state index is 0.274. The normalized spacial score (nSPS) is 18.5. The molecule has 3 nitrogen and oxygen atoms in total. The van der Waals surface area contributed by atoms with E-state index >= 15 is 0 Å². The van der Waals surface area contributed by atoms with Gasteiger partial charge in [-0.1, -0.05) is 6.07 Å². The molecule has 1 aliphatic rings. The van der Waals surface area contributed by atoms with Gasteiger partial charge in [0.05, 0.1) is 10.5 Å². The van der Waals surface area contributed by atoms with Gasteiger partial charge in [0, 0.05) is 11.8 Å². The third-order valence-electron chi connectivity index (χ3n) is 3.22. The minimum atomic E-state index is -3.28. The monoisotopic (exact) mass is 240 g/mol. The van der Waals surface area contributed by atoms with Gasteiger partial charge >= 0.3 is 0 Å². The van der Waals surface area contributed by atoms with Crippen LogP contribution in [0.2, 0.25) is 0 Å². The molecule has 1 N–H and O–H groups in total. The standard InChI is InChI=1S/C12H16O3S/c1-8-6-10(12(13)4-5-12)11(7-9(8)2)16(3,14)15/h6-7,13H,4-5H2,1-3H3. The summed E-state index contributed by atoms with van der Waals surface area (Å²) < 4.78 is 23.4. The zero-order valence-corrected chi connectivity index (χ0v) is 10.6. The molecule has 1 aromatic rings. The van der Waals surface area contributed by atoms with Crippen molar-refractivity contribution in [3.05, 3.63) is 28.8 Å². The Morgan fingerprint density at radius 2 is 1.69 bits per heavy atom. The van der Waals surface area contributed by atoms with Crippen LogP contribution >= 0.6 is 0 Å². The number of rotatable bonds is 2. The molecule has 4 heteroatoms. The maximum Gasteiger partial charge on any atom is 0.175 e. The van der Waals surface area contributed by atoms with Crippen LogP contribution in [0, 0.1) is 13.8 Å². The Balaban J connectivity index is 2.71. The fraction of sp³-hybridized carbons (Fsp3) is 0.500. The lowest BCUT2D eigenvalue weighted by Crippen LogP contribution is -2.12. The molecule has 0 spiro atoms. The Morgan fingerprint density at radius 3 is 2.12 bits per heavy atom. The molecule has 0 radical (unpaired) electrons. The van der Waals surface area contributed by atoms with E-state index in [2.05, 4.69) is 0 Å². The summed E-state index contributed by atoms with van der Waals surface area (Å²) in [5.41, 5.74) is 1.62. The van der Waals surface area contributed by atoms with Crippen LogP contribution in [0.1, 0.15) is 29.5 Å². The van der Waals surface area contributed by atoms with Crippen LogP contribution in [0.3, 0.4) is 0 Å². The maximum atomic E-state index is 11.7. The Kier molecular flexibility index (Phi) is 2.40. The second-order valence-electron chi connectivity index (χ2n) is 4.74. The van der Waals surface area contributed by atoms with Crippen molar-refractivity contribution >= 4 is 9.84 Å². The zero-order valence-electron chi connectivity index (χ0n) is 9.74. The molecule has 0 heterocycles. The first-order valence-corrected chi connectivity index (χ1v) is 7.17. The third kappa shape index (κ3) is 1.87. The number of hydrogen-bond donors (Lipinski definition) is 1. The van der Waals surface area contributed by atoms with Gasteiger partial charge in [-0.25, -0.2) is 8.42 Å². The van der Waals surface area contributed by atoms with Gasteiger partial charge in [-0.15, -0.1) is 0 Å². The van der Waals surface area contributed by atoms with E-state index in [1.165, 1.54) is 6.26 Å². The average molecular weight is 240 g/mol. The zero-order chi connectivity index (χ0) is 12.1. The van der Waals surface area contributed by atoms with Crippen LogP contribution in [0.25, 0.3) is 0 Å². The number of benzene rings is 1. The number of aryl methyl sites for hydroxylation is 2. The Bertz CT molecular complexity index is 540. The first-order valence-electron chi connectivity index (χ1n) is 5.28. The Labute approximate surface area is 96.0 Å². The molecular formula is C12H16O3S. The van der Waals surface area contributed by atoms with Gasteiger partial charge in [0.2, 0.25) is 0 Å². The summed E-state index contributed by atoms with van der Waals surface area (Å²) in [5, 5.41) is 10.1. The van der Waals surface area contributed by atoms with Crippen molar-refractivity contribution in [3.8, 4) is 0 Å². The molecule has 2 rings (SSSR count). The molecule has 0 bridgehead atoms. The smallest absolute Gasteiger partial charge is 0.175 e. The molecule has 1 aliphatic carbocycles. The fourth-order valence-corrected chi connectivity index (χ4v) is 2.89. The second-order valence-corrected chi connectivity index (χ2v) is 6.72. The molecule has 0 amide bonds. The van der Waals surface area contributed by atoms with E-state index in [9.17, 15) is 13.5 Å². The summed E-state index contributed by atoms with van der Waals surface area (Å²) in [4.78, 5) is 0.274. The first-order chi connectivity index (χ1) is 7.24. The largest absolute Gasteiger partial charge is 0.385 e. The summed E-state index contributed by atoms with van der Waals surface area (Å²) in [7, 11) is -3.28. The van der Waals surface area contributed by atoms with E-state index in [1.807, 2.05) is 13.8 Å². The van der Waals surface area contributed by atoms with E-state index in [1.54, 1.807) is 12.1 Å². The third-order valence-corrected chi connectivity index (χ3v) is 4.36. The predicted molar refractivity (Wildman–Crippen MR) is 62.2 cm³/mol. The lowest BCUT2D eigenvalue weighted by atomic mass is 10.0. The van der Waals surface area contributed by atoms with E-state index in [-0.39, 0.29) is 4.90 Å². The van der Waals surface area contributed by atoms with E-state index < -0.39 is 15.4 Å². The van der Waals surface area contributed by atoms with Crippen LogP contribution in [-0.4, -0.2) is 19.8 Å². The van der Waals surface area contributed by atoms with Crippen LogP contribution in [0.5, 0.6) is 0 Å². The highest BCUT2D eigenvalue weighted by Crippen LogP contribution is 2.48. The summed E-state index contributed by atoms with van der Waals surface area (Å²) in [5.74, 6) is 0. The molecule has 0 aromatic heterocycles. The van der Waals surface area contributed by atoms with Gasteiger partial charge in [-0.05, 0) is 43.9 Å². The number of sulfone groups is 1. The summed E-state index contributed by atoms with van der Waals surface area (Å²) in [6.07, 6.45) is 2.49. The summed E-state index contributed by atoms with van der Waals surface area (Å²) in [6.45, 7) is 3.81. The van der Waals surface area contributed by atoms with Gasteiger partial charge in [0.25, 0.3) is 0 Å². The van der Waals surface area contributed by atoms with Gasteiger partial charge in [-0.2, -0.15) is 0 Å². The topological polar surface area (TPSA) is 54.4 Å². The van der Waals surface area contributed by atoms with E-state index in [4.69, 9.17) is 0 Å². The van der Waals surface area contributed by atoms with Crippen molar-refractivity contribution in [1.29, 1.82) is 0 Å². The highest BCUT2D eigenvalue weighted by Gasteiger charge is 2.45. The molecule has 1 fully saturated rings. The van der Waals surface area contributed by atoms with E-state index in [0.717, 1.165) is 11.1 Å². The van der Waals surface area contributed by atoms with Gasteiger partial charge in [-0.3, -0.25) is 0 Å². The van der Waals surface area contributed by atoms with Gasteiger partial charge < -0.3 is 5.11 Å². The van der Waals surface area contributed by atoms with Crippen LogP contribution < -0.4 is 0 Å². The van der Waals surface area contributed by atoms with Crippen LogP contribution in [-0.2, 0) is 15.4 Å². The molecule has 1 saturated carbocycles. The van der Waals surface area contributed by atoms with Gasteiger partial charge in [0.1, 0.15) is 0 Å². The van der Waals surface area contributed by atoms with Crippen molar-refractivity contribution in [2.24, 2.45) is 0 Å². The fourth-order valence-electron chi connectivity index (χ4n) is 1.85. The highest BCUT2D eigenvalue weighted by molar-refractivity contribution is 7.90. The van der Waals surface area contributed by atoms with Crippen molar-refractivity contribution in [2.75, 3.05) is 6.26 Å². The van der Waals surface area contributed by atoms with Crippen LogP contribution in [0.15, 0.2) is 17.0 Å². The predicted octanol–water partition coefficient (Wildman–Crippen LogP) is 1.69. The lowest BCUT2D eigenvalue weighted by molar-refractivity contribution is 0.148.